The number of hydrogen-bond donors (Lipinski definition) is 3. The van der Waals surface area contributed by atoms with Crippen molar-refractivity contribution in [3.63, 3.8) is 0 Å². The molecule has 0 radical (unpaired) electrons. The van der Waals surface area contributed by atoms with Crippen molar-refractivity contribution in [3.8, 4) is 0 Å². The molecule has 4 N–H and O–H groups in total. The summed E-state index contributed by atoms with van der Waals surface area (Å²) in [6, 6.07) is 0. The first-order valence-electron chi connectivity index (χ1n) is 8.32. The molecule has 1 saturated heterocycles. The monoisotopic (exact) mass is 437 g/mol. The molecule has 1 amide bonds. The SMILES string of the molecule is C=CCNC(=NCCCCN1CCC(C(N)=O)CC1)NCC.I. The van der Waals surface area contributed by atoms with Gasteiger partial charge in [-0.2, -0.15) is 0 Å². The molecule has 0 aromatic carbocycles. The third kappa shape index (κ3) is 9.80. The number of nitrogens with zero attached hydrogens (tertiary/aromatic N) is 2. The van der Waals surface area contributed by atoms with Crippen LogP contribution in [0.1, 0.15) is 32.6 Å². The minimum Gasteiger partial charge on any atom is -0.369 e. The molecule has 23 heavy (non-hydrogen) atoms. The van der Waals surface area contributed by atoms with E-state index in [0.717, 1.165) is 70.9 Å². The van der Waals surface area contributed by atoms with Crippen LogP contribution >= 0.6 is 24.0 Å². The Morgan fingerprint density at radius 2 is 2.04 bits per heavy atom. The van der Waals surface area contributed by atoms with Gasteiger partial charge in [-0.05, 0) is 52.2 Å². The summed E-state index contributed by atoms with van der Waals surface area (Å²) in [5.74, 6) is 0.793. The Bertz CT molecular complexity index is 367. The first-order valence-corrected chi connectivity index (χ1v) is 8.32. The van der Waals surface area contributed by atoms with Gasteiger partial charge in [-0.3, -0.25) is 9.79 Å². The molecular weight excluding hydrogens is 405 g/mol. The smallest absolute Gasteiger partial charge is 0.220 e. The summed E-state index contributed by atoms with van der Waals surface area (Å²) in [7, 11) is 0. The first kappa shape index (κ1) is 22.2. The number of likely N-dealkylation sites (tertiary alicyclic amines) is 1. The van der Waals surface area contributed by atoms with Crippen molar-refractivity contribution in [1.29, 1.82) is 0 Å². The molecule has 6 nitrogen and oxygen atoms in total. The number of rotatable bonds is 9. The van der Waals surface area contributed by atoms with Crippen LogP contribution in [0.15, 0.2) is 17.6 Å². The average molecular weight is 437 g/mol. The van der Waals surface area contributed by atoms with E-state index < -0.39 is 0 Å². The Hall–Kier alpha value is -0.830. The van der Waals surface area contributed by atoms with Gasteiger partial charge in [0.15, 0.2) is 5.96 Å². The zero-order valence-electron chi connectivity index (χ0n) is 14.2. The van der Waals surface area contributed by atoms with Gasteiger partial charge in [0, 0.05) is 25.6 Å². The van der Waals surface area contributed by atoms with E-state index in [4.69, 9.17) is 5.73 Å². The molecule has 0 atom stereocenters. The van der Waals surface area contributed by atoms with Gasteiger partial charge in [0.1, 0.15) is 0 Å². The van der Waals surface area contributed by atoms with Crippen LogP contribution in [0.5, 0.6) is 0 Å². The van der Waals surface area contributed by atoms with Gasteiger partial charge in [-0.1, -0.05) is 6.08 Å². The van der Waals surface area contributed by atoms with E-state index in [9.17, 15) is 4.79 Å². The van der Waals surface area contributed by atoms with Crippen LogP contribution in [0.2, 0.25) is 0 Å². The number of carbonyl (C=O) groups excluding carboxylic acids is 1. The Labute approximate surface area is 157 Å². The molecule has 1 aliphatic rings. The number of amides is 1. The number of nitrogens with one attached hydrogen (secondary N) is 2. The first-order chi connectivity index (χ1) is 10.7. The van der Waals surface area contributed by atoms with E-state index in [2.05, 4.69) is 34.0 Å². The van der Waals surface area contributed by atoms with Crippen LogP contribution in [0, 0.1) is 5.92 Å². The molecule has 0 spiro atoms. The third-order valence-corrected chi connectivity index (χ3v) is 3.90. The summed E-state index contributed by atoms with van der Waals surface area (Å²) in [6.45, 7) is 11.2. The lowest BCUT2D eigenvalue weighted by Gasteiger charge is -2.30. The topological polar surface area (TPSA) is 82.8 Å². The zero-order valence-corrected chi connectivity index (χ0v) is 16.6. The van der Waals surface area contributed by atoms with Gasteiger partial charge < -0.3 is 21.3 Å². The van der Waals surface area contributed by atoms with Crippen molar-refractivity contribution in [2.45, 2.75) is 32.6 Å². The molecule has 1 aliphatic heterocycles. The summed E-state index contributed by atoms with van der Waals surface area (Å²) in [5, 5.41) is 6.40. The maximum absolute atomic E-state index is 11.1. The quantitative estimate of drug-likeness (QED) is 0.167. The summed E-state index contributed by atoms with van der Waals surface area (Å²) in [5.41, 5.74) is 5.35. The standard InChI is InChI=1S/C16H31N5O.HI/c1-3-9-19-16(18-4-2)20-10-5-6-11-21-12-7-14(8-13-21)15(17)22;/h3,14H,1,4-13H2,2H3,(H2,17,22)(H2,18,19,20);1H. The van der Waals surface area contributed by atoms with Crippen molar-refractivity contribution < 1.29 is 4.79 Å². The number of nitrogens with two attached hydrogens (primary N) is 1. The fourth-order valence-corrected chi connectivity index (χ4v) is 2.59. The van der Waals surface area contributed by atoms with E-state index in [0.29, 0.717) is 0 Å². The molecule has 7 heteroatoms. The number of hydrogen-bond acceptors (Lipinski definition) is 3. The highest BCUT2D eigenvalue weighted by atomic mass is 127. The summed E-state index contributed by atoms with van der Waals surface area (Å²) < 4.78 is 0. The summed E-state index contributed by atoms with van der Waals surface area (Å²) in [6.07, 6.45) is 5.83. The van der Waals surface area contributed by atoms with Crippen LogP contribution in [-0.2, 0) is 4.79 Å². The number of carbonyl (C=O) groups is 1. The van der Waals surface area contributed by atoms with Gasteiger partial charge in [0.25, 0.3) is 0 Å². The van der Waals surface area contributed by atoms with Gasteiger partial charge in [-0.15, -0.1) is 30.6 Å². The van der Waals surface area contributed by atoms with Crippen LogP contribution in [0.25, 0.3) is 0 Å². The van der Waals surface area contributed by atoms with Gasteiger partial charge in [0.2, 0.25) is 5.91 Å². The minimum absolute atomic E-state index is 0. The Morgan fingerprint density at radius 3 is 2.61 bits per heavy atom. The highest BCUT2D eigenvalue weighted by Crippen LogP contribution is 2.16. The number of primary amides is 1. The van der Waals surface area contributed by atoms with Crippen molar-refractivity contribution >= 4 is 35.8 Å². The highest BCUT2D eigenvalue weighted by Gasteiger charge is 2.22. The van der Waals surface area contributed by atoms with Gasteiger partial charge >= 0.3 is 0 Å². The largest absolute Gasteiger partial charge is 0.369 e. The van der Waals surface area contributed by atoms with Crippen LogP contribution in [-0.4, -0.2) is 56.0 Å². The molecule has 134 valence electrons. The number of unbranched alkanes of at least 4 members (excludes halogenated alkanes) is 1. The molecule has 1 fully saturated rings. The minimum atomic E-state index is -0.142. The van der Waals surface area contributed by atoms with Crippen LogP contribution < -0.4 is 16.4 Å². The number of piperidine rings is 1. The van der Waals surface area contributed by atoms with Gasteiger partial charge in [-0.25, -0.2) is 0 Å². The van der Waals surface area contributed by atoms with Crippen LogP contribution in [0.4, 0.5) is 0 Å². The second-order valence-corrected chi connectivity index (χ2v) is 5.66. The van der Waals surface area contributed by atoms with E-state index in [1.54, 1.807) is 0 Å². The Morgan fingerprint density at radius 1 is 1.35 bits per heavy atom. The van der Waals surface area contributed by atoms with Crippen molar-refractivity contribution in [2.75, 3.05) is 39.3 Å². The number of halogens is 1. The lowest BCUT2D eigenvalue weighted by atomic mass is 9.96. The molecule has 0 unspecified atom stereocenters. The summed E-state index contributed by atoms with van der Waals surface area (Å²) >= 11 is 0. The number of guanidine groups is 1. The van der Waals surface area contributed by atoms with Gasteiger partial charge in [0.05, 0.1) is 0 Å². The average Bonchev–Trinajstić information content (AvgIpc) is 2.52. The predicted molar refractivity (Wildman–Crippen MR) is 107 cm³/mol. The van der Waals surface area contributed by atoms with E-state index >= 15 is 0 Å². The molecule has 0 saturated carbocycles. The zero-order chi connectivity index (χ0) is 16.2. The Kier molecular flexibility index (Phi) is 13.1. The van der Waals surface area contributed by atoms with E-state index in [1.807, 2.05) is 6.08 Å². The second-order valence-electron chi connectivity index (χ2n) is 5.66. The maximum atomic E-state index is 11.1. The highest BCUT2D eigenvalue weighted by molar-refractivity contribution is 14.0. The molecule has 0 aliphatic carbocycles. The second kappa shape index (κ2) is 13.6. The lowest BCUT2D eigenvalue weighted by molar-refractivity contribution is -0.123. The van der Waals surface area contributed by atoms with E-state index in [1.165, 1.54) is 0 Å². The number of aliphatic imine (C=N–C) groups is 1. The molecule has 1 heterocycles. The van der Waals surface area contributed by atoms with Crippen molar-refractivity contribution in [2.24, 2.45) is 16.6 Å². The molecule has 0 aromatic heterocycles. The molecule has 0 bridgehead atoms. The fourth-order valence-electron chi connectivity index (χ4n) is 2.59. The van der Waals surface area contributed by atoms with E-state index in [-0.39, 0.29) is 35.8 Å². The van der Waals surface area contributed by atoms with Crippen molar-refractivity contribution in [1.82, 2.24) is 15.5 Å². The predicted octanol–water partition coefficient (Wildman–Crippen LogP) is 1.32. The van der Waals surface area contributed by atoms with Crippen LogP contribution in [0.3, 0.4) is 0 Å². The van der Waals surface area contributed by atoms with Crippen molar-refractivity contribution in [3.05, 3.63) is 12.7 Å². The summed E-state index contributed by atoms with van der Waals surface area (Å²) in [4.78, 5) is 18.1. The maximum Gasteiger partial charge on any atom is 0.220 e. The molecule has 1 rings (SSSR count). The Balaban J connectivity index is 0.00000484. The molecule has 0 aromatic rings. The molecular formula is C16H32IN5O. The lowest BCUT2D eigenvalue weighted by Crippen LogP contribution is -2.39. The normalized spacial score (nSPS) is 16.5. The fraction of sp³-hybridized carbons (Fsp3) is 0.750. The third-order valence-electron chi connectivity index (χ3n) is 3.90.